The zero-order valence-corrected chi connectivity index (χ0v) is 21.3. The third-order valence-corrected chi connectivity index (χ3v) is 6.80. The fraction of sp³-hybridized carbons (Fsp3) is 0.286. The first-order chi connectivity index (χ1) is 18.6. The van der Waals surface area contributed by atoms with Crippen molar-refractivity contribution in [3.8, 4) is 17.0 Å². The number of methoxy groups -OCH3 is 1. The molecule has 3 N–H and O–H groups in total. The number of nitrogens with zero attached hydrogens (tertiary/aromatic N) is 3. The largest absolute Gasteiger partial charge is 0.497 e. The minimum absolute atomic E-state index is 0.0166. The second-order valence-corrected chi connectivity index (χ2v) is 9.51. The van der Waals surface area contributed by atoms with Gasteiger partial charge in [-0.1, -0.05) is 18.2 Å². The fourth-order valence-electron chi connectivity index (χ4n) is 4.76. The molecule has 2 aromatic heterocycles. The number of benzene rings is 2. The molecule has 1 aliphatic carbocycles. The predicted octanol–water partition coefficient (Wildman–Crippen LogP) is 5.28. The van der Waals surface area contributed by atoms with Crippen LogP contribution in [0.2, 0.25) is 0 Å². The molecule has 2 aromatic carbocycles. The maximum Gasteiger partial charge on any atom is 0.390 e. The van der Waals surface area contributed by atoms with E-state index in [1.54, 1.807) is 42.6 Å². The zero-order chi connectivity index (χ0) is 27.9. The van der Waals surface area contributed by atoms with Crippen LogP contribution >= 0.6 is 0 Å². The summed E-state index contributed by atoms with van der Waals surface area (Å²) >= 11 is 0. The number of aromatic nitrogens is 3. The highest BCUT2D eigenvalue weighted by molar-refractivity contribution is 6.08. The first-order valence-corrected chi connectivity index (χ1v) is 12.4. The molecule has 11 heteroatoms. The van der Waals surface area contributed by atoms with Crippen molar-refractivity contribution >= 4 is 23.0 Å². The van der Waals surface area contributed by atoms with Crippen LogP contribution in [0.4, 0.5) is 18.9 Å². The monoisotopic (exact) mass is 537 g/mol. The minimum Gasteiger partial charge on any atom is -0.497 e. The number of rotatable bonds is 9. The van der Waals surface area contributed by atoms with Gasteiger partial charge < -0.3 is 15.8 Å². The molecule has 0 unspecified atom stereocenters. The van der Waals surface area contributed by atoms with Gasteiger partial charge in [0, 0.05) is 23.2 Å². The Morgan fingerprint density at radius 3 is 2.62 bits per heavy atom. The number of imidazole rings is 1. The van der Waals surface area contributed by atoms with E-state index in [2.05, 4.69) is 15.4 Å². The number of amides is 1. The molecule has 0 spiro atoms. The number of hydrogen-bond donors (Lipinski definition) is 2. The number of ketones is 1. The first kappa shape index (κ1) is 26.2. The molecule has 1 saturated carbocycles. The van der Waals surface area contributed by atoms with E-state index in [9.17, 15) is 22.8 Å². The van der Waals surface area contributed by atoms with Crippen molar-refractivity contribution in [2.45, 2.75) is 38.3 Å². The topological polar surface area (TPSA) is 112 Å². The lowest BCUT2D eigenvalue weighted by Crippen LogP contribution is -2.16. The van der Waals surface area contributed by atoms with Crippen LogP contribution in [-0.4, -0.2) is 46.1 Å². The van der Waals surface area contributed by atoms with Gasteiger partial charge in [0.25, 0.3) is 0 Å². The third-order valence-electron chi connectivity index (χ3n) is 6.80. The predicted molar refractivity (Wildman–Crippen MR) is 139 cm³/mol. The highest BCUT2D eigenvalue weighted by atomic mass is 19.4. The van der Waals surface area contributed by atoms with E-state index in [-0.39, 0.29) is 22.9 Å². The SMILES string of the molecule is COc1cccc(C(=O)c2cc(NCCC(F)(F)F)c3ncc(-c4ccc(C(N)=O)c(C)c4C4CC4)n3n2)c1. The average Bonchev–Trinajstić information content (AvgIpc) is 3.64. The standard InChI is InChI=1S/C28H26F3N5O3/c1-15-19(26(32)38)8-9-20(24(15)16-6-7-16)23-14-34-27-22(33-11-10-28(29,30)31)13-21(35-36(23)27)25(37)17-4-3-5-18(12-17)39-2/h3-5,8-9,12-14,16,33H,6-7,10-11H2,1-2H3,(H2,32,38). The van der Waals surface area contributed by atoms with Crippen LogP contribution in [0.3, 0.4) is 0 Å². The number of ether oxygens (including phenoxy) is 1. The van der Waals surface area contributed by atoms with Crippen LogP contribution in [0.25, 0.3) is 16.9 Å². The zero-order valence-electron chi connectivity index (χ0n) is 21.3. The third kappa shape index (κ3) is 5.29. The second kappa shape index (κ2) is 10.0. The number of halogens is 3. The lowest BCUT2D eigenvalue weighted by atomic mass is 9.92. The van der Waals surface area contributed by atoms with Gasteiger partial charge in [0.15, 0.2) is 5.65 Å². The molecule has 8 nitrogen and oxygen atoms in total. The fourth-order valence-corrected chi connectivity index (χ4v) is 4.76. The molecule has 202 valence electrons. The Hall–Kier alpha value is -4.41. The molecule has 39 heavy (non-hydrogen) atoms. The number of anilines is 1. The van der Waals surface area contributed by atoms with Gasteiger partial charge in [0.05, 0.1) is 31.1 Å². The maximum atomic E-state index is 13.5. The Morgan fingerprint density at radius 2 is 1.95 bits per heavy atom. The molecule has 5 rings (SSSR count). The second-order valence-electron chi connectivity index (χ2n) is 9.51. The number of nitrogens with one attached hydrogen (secondary N) is 1. The molecule has 2 heterocycles. The Kier molecular flexibility index (Phi) is 6.75. The Labute approximate surface area is 222 Å². The molecule has 0 aliphatic heterocycles. The molecule has 0 saturated heterocycles. The Bertz CT molecular complexity index is 1590. The van der Waals surface area contributed by atoms with Gasteiger partial charge in [-0.2, -0.15) is 18.3 Å². The van der Waals surface area contributed by atoms with Gasteiger partial charge in [0.2, 0.25) is 11.7 Å². The minimum atomic E-state index is -4.35. The molecule has 0 bridgehead atoms. The summed E-state index contributed by atoms with van der Waals surface area (Å²) in [5.41, 5.74) is 9.88. The summed E-state index contributed by atoms with van der Waals surface area (Å²) in [7, 11) is 1.48. The quantitative estimate of drug-likeness (QED) is 0.281. The first-order valence-electron chi connectivity index (χ1n) is 12.4. The van der Waals surface area contributed by atoms with Gasteiger partial charge >= 0.3 is 6.18 Å². The van der Waals surface area contributed by atoms with Crippen molar-refractivity contribution in [1.82, 2.24) is 14.6 Å². The number of fused-ring (bicyclic) bond motifs is 1. The van der Waals surface area contributed by atoms with E-state index in [0.717, 1.165) is 29.5 Å². The van der Waals surface area contributed by atoms with Crippen LogP contribution in [-0.2, 0) is 0 Å². The van der Waals surface area contributed by atoms with E-state index in [1.165, 1.54) is 17.7 Å². The molecule has 4 aromatic rings. The van der Waals surface area contributed by atoms with E-state index < -0.39 is 30.8 Å². The highest BCUT2D eigenvalue weighted by Gasteiger charge is 2.31. The number of carbonyl (C=O) groups is 2. The highest BCUT2D eigenvalue weighted by Crippen LogP contribution is 2.47. The van der Waals surface area contributed by atoms with Gasteiger partial charge in [-0.3, -0.25) is 9.59 Å². The number of hydrogen-bond acceptors (Lipinski definition) is 6. The van der Waals surface area contributed by atoms with Gasteiger partial charge in [-0.25, -0.2) is 9.50 Å². The summed E-state index contributed by atoms with van der Waals surface area (Å²) in [5, 5.41) is 7.36. The van der Waals surface area contributed by atoms with Gasteiger partial charge in [-0.15, -0.1) is 0 Å². The molecular weight excluding hydrogens is 511 g/mol. The van der Waals surface area contributed by atoms with Crippen molar-refractivity contribution in [1.29, 1.82) is 0 Å². The summed E-state index contributed by atoms with van der Waals surface area (Å²) < 4.78 is 45.3. The van der Waals surface area contributed by atoms with Gasteiger partial charge in [0.1, 0.15) is 11.4 Å². The number of alkyl halides is 3. The number of primary amides is 1. The molecular formula is C28H26F3N5O3. The Morgan fingerprint density at radius 1 is 1.18 bits per heavy atom. The summed E-state index contributed by atoms with van der Waals surface area (Å²) in [6.45, 7) is 1.44. The van der Waals surface area contributed by atoms with Crippen LogP contribution in [0.1, 0.15) is 62.7 Å². The van der Waals surface area contributed by atoms with Crippen LogP contribution in [0.15, 0.2) is 48.7 Å². The van der Waals surface area contributed by atoms with Crippen molar-refractivity contribution in [2.24, 2.45) is 5.73 Å². The van der Waals surface area contributed by atoms with E-state index >= 15 is 0 Å². The number of carbonyl (C=O) groups excluding carboxylic acids is 2. The Balaban J connectivity index is 1.66. The summed E-state index contributed by atoms with van der Waals surface area (Å²) in [6.07, 6.45) is -1.95. The van der Waals surface area contributed by atoms with Crippen molar-refractivity contribution in [3.05, 3.63) is 76.6 Å². The van der Waals surface area contributed by atoms with E-state index in [4.69, 9.17) is 10.5 Å². The van der Waals surface area contributed by atoms with Crippen molar-refractivity contribution in [2.75, 3.05) is 19.0 Å². The van der Waals surface area contributed by atoms with Crippen LogP contribution in [0.5, 0.6) is 5.75 Å². The van der Waals surface area contributed by atoms with E-state index in [1.807, 2.05) is 6.92 Å². The summed E-state index contributed by atoms with van der Waals surface area (Å²) in [6, 6.07) is 11.4. The maximum absolute atomic E-state index is 13.5. The normalized spacial score (nSPS) is 13.5. The summed E-state index contributed by atoms with van der Waals surface area (Å²) in [5.74, 6) is -0.250. The van der Waals surface area contributed by atoms with Crippen molar-refractivity contribution in [3.63, 3.8) is 0 Å². The molecule has 1 aliphatic rings. The molecule has 0 atom stereocenters. The smallest absolute Gasteiger partial charge is 0.390 e. The molecule has 1 amide bonds. The van der Waals surface area contributed by atoms with E-state index in [0.29, 0.717) is 22.6 Å². The van der Waals surface area contributed by atoms with Crippen LogP contribution < -0.4 is 15.8 Å². The molecule has 0 radical (unpaired) electrons. The lowest BCUT2D eigenvalue weighted by molar-refractivity contribution is -0.131. The average molecular weight is 538 g/mol. The lowest BCUT2D eigenvalue weighted by Gasteiger charge is -2.15. The molecule has 1 fully saturated rings. The summed E-state index contributed by atoms with van der Waals surface area (Å²) in [4.78, 5) is 29.9. The van der Waals surface area contributed by atoms with Crippen molar-refractivity contribution < 1.29 is 27.5 Å². The van der Waals surface area contributed by atoms with Gasteiger partial charge in [-0.05, 0) is 61.1 Å². The van der Waals surface area contributed by atoms with Crippen LogP contribution in [0, 0.1) is 6.92 Å². The number of nitrogens with two attached hydrogens (primary N) is 1.